The zero-order chi connectivity index (χ0) is 11.5. The topological polar surface area (TPSA) is 33.2 Å². The molecule has 1 aliphatic heterocycles. The molecule has 1 aliphatic rings. The molecule has 0 bridgehead atoms. The van der Waals surface area contributed by atoms with Gasteiger partial charge in [-0.1, -0.05) is 11.6 Å². The highest BCUT2D eigenvalue weighted by molar-refractivity contribution is 7.99. The third-order valence-electron chi connectivity index (χ3n) is 2.76. The maximum Gasteiger partial charge on any atom is 0.257 e. The van der Waals surface area contributed by atoms with Crippen LogP contribution < -0.4 is 0 Å². The van der Waals surface area contributed by atoms with Crippen LogP contribution in [0, 0.1) is 0 Å². The van der Waals surface area contributed by atoms with Gasteiger partial charge >= 0.3 is 0 Å². The Balaban J connectivity index is 2.15. The zero-order valence-corrected chi connectivity index (χ0v) is 10.6. The van der Waals surface area contributed by atoms with Gasteiger partial charge < -0.3 is 4.90 Å². The summed E-state index contributed by atoms with van der Waals surface area (Å²) in [5.41, 5.74) is 0.489. The van der Waals surface area contributed by atoms with Crippen LogP contribution in [-0.4, -0.2) is 40.4 Å². The van der Waals surface area contributed by atoms with Crippen molar-refractivity contribution in [2.24, 2.45) is 0 Å². The predicted octanol–water partition coefficient (Wildman–Crippen LogP) is 2.31. The Kier molecular flexibility index (Phi) is 3.71. The van der Waals surface area contributed by atoms with E-state index in [0.29, 0.717) is 11.6 Å². The lowest BCUT2D eigenvalue weighted by atomic mass is 10.2. The lowest BCUT2D eigenvalue weighted by molar-refractivity contribution is 0.0747. The van der Waals surface area contributed by atoms with Crippen LogP contribution in [0.5, 0.6) is 0 Å². The summed E-state index contributed by atoms with van der Waals surface area (Å²) < 4.78 is 0. The Labute approximate surface area is 104 Å². The summed E-state index contributed by atoms with van der Waals surface area (Å²) in [6, 6.07) is 3.78. The van der Waals surface area contributed by atoms with Gasteiger partial charge in [-0.25, -0.2) is 4.98 Å². The van der Waals surface area contributed by atoms with Crippen LogP contribution in [0.25, 0.3) is 0 Å². The molecule has 0 aliphatic carbocycles. The number of pyridine rings is 1. The van der Waals surface area contributed by atoms with Crippen molar-refractivity contribution in [1.82, 2.24) is 9.88 Å². The van der Waals surface area contributed by atoms with Gasteiger partial charge in [-0.15, -0.1) is 0 Å². The van der Waals surface area contributed by atoms with Gasteiger partial charge in [0.25, 0.3) is 5.91 Å². The molecule has 1 aromatic heterocycles. The first-order valence-electron chi connectivity index (χ1n) is 5.15. The summed E-state index contributed by atoms with van der Waals surface area (Å²) in [4.78, 5) is 17.8. The third kappa shape index (κ3) is 2.33. The molecule has 0 N–H and O–H groups in total. The highest BCUT2D eigenvalue weighted by Crippen LogP contribution is 2.23. The van der Waals surface area contributed by atoms with Crippen molar-refractivity contribution >= 4 is 29.3 Å². The summed E-state index contributed by atoms with van der Waals surface area (Å²) in [5, 5.41) is 0.282. The highest BCUT2D eigenvalue weighted by Gasteiger charge is 2.25. The van der Waals surface area contributed by atoms with Gasteiger partial charge in [-0.2, -0.15) is 11.8 Å². The first-order valence-corrected chi connectivity index (χ1v) is 6.69. The average molecular weight is 257 g/mol. The van der Waals surface area contributed by atoms with Crippen LogP contribution in [0.4, 0.5) is 0 Å². The van der Waals surface area contributed by atoms with Crippen LogP contribution in [0.1, 0.15) is 16.8 Å². The molecule has 2 rings (SSSR count). The van der Waals surface area contributed by atoms with Crippen LogP contribution in [-0.2, 0) is 0 Å². The molecule has 1 fully saturated rings. The Morgan fingerprint density at radius 1 is 1.69 bits per heavy atom. The molecular formula is C11H13ClN2OS. The monoisotopic (exact) mass is 256 g/mol. The van der Waals surface area contributed by atoms with Gasteiger partial charge in [0.05, 0.1) is 5.56 Å². The molecule has 5 heteroatoms. The van der Waals surface area contributed by atoms with E-state index in [0.717, 1.165) is 17.9 Å². The second-order valence-corrected chi connectivity index (χ2v) is 5.28. The van der Waals surface area contributed by atoms with Crippen molar-refractivity contribution < 1.29 is 4.79 Å². The van der Waals surface area contributed by atoms with E-state index < -0.39 is 0 Å². The van der Waals surface area contributed by atoms with Crippen molar-refractivity contribution in [2.75, 3.05) is 18.6 Å². The molecule has 1 unspecified atom stereocenters. The van der Waals surface area contributed by atoms with Gasteiger partial charge in [-0.05, 0) is 24.3 Å². The number of halogens is 1. The molecule has 1 aromatic rings. The lowest BCUT2D eigenvalue weighted by Crippen LogP contribution is -2.37. The van der Waals surface area contributed by atoms with Crippen molar-refractivity contribution in [3.8, 4) is 0 Å². The van der Waals surface area contributed by atoms with Crippen molar-refractivity contribution in [3.05, 3.63) is 29.0 Å². The van der Waals surface area contributed by atoms with Gasteiger partial charge in [0, 0.05) is 25.0 Å². The second kappa shape index (κ2) is 5.06. The van der Waals surface area contributed by atoms with Crippen molar-refractivity contribution in [2.45, 2.75) is 12.5 Å². The molecule has 0 saturated carbocycles. The minimum Gasteiger partial charge on any atom is -0.338 e. The van der Waals surface area contributed by atoms with Crippen LogP contribution >= 0.6 is 23.4 Å². The quantitative estimate of drug-likeness (QED) is 0.762. The van der Waals surface area contributed by atoms with Gasteiger partial charge in [0.15, 0.2) is 0 Å². The van der Waals surface area contributed by atoms with Gasteiger partial charge in [0.2, 0.25) is 0 Å². The zero-order valence-electron chi connectivity index (χ0n) is 9.02. The van der Waals surface area contributed by atoms with Gasteiger partial charge in [-0.3, -0.25) is 4.79 Å². The maximum atomic E-state index is 12.1. The predicted molar refractivity (Wildman–Crippen MR) is 67.1 cm³/mol. The first-order chi connectivity index (χ1) is 7.70. The van der Waals surface area contributed by atoms with Gasteiger partial charge in [0.1, 0.15) is 5.15 Å². The van der Waals surface area contributed by atoms with E-state index in [9.17, 15) is 4.79 Å². The number of hydrogen-bond acceptors (Lipinski definition) is 3. The molecular weight excluding hydrogens is 244 g/mol. The van der Waals surface area contributed by atoms with Crippen molar-refractivity contribution in [1.29, 1.82) is 0 Å². The number of hydrogen-bond donors (Lipinski definition) is 0. The number of amides is 1. The molecule has 2 heterocycles. The Hall–Kier alpha value is -0.740. The van der Waals surface area contributed by atoms with Crippen molar-refractivity contribution in [3.63, 3.8) is 0 Å². The highest BCUT2D eigenvalue weighted by atomic mass is 35.5. The summed E-state index contributed by atoms with van der Waals surface area (Å²) in [7, 11) is 1.84. The minimum atomic E-state index is -0.0365. The van der Waals surface area contributed by atoms with E-state index in [4.69, 9.17) is 11.6 Å². The van der Waals surface area contributed by atoms with E-state index in [1.807, 2.05) is 18.8 Å². The summed E-state index contributed by atoms with van der Waals surface area (Å²) >= 11 is 7.79. The van der Waals surface area contributed by atoms with Crippen LogP contribution in [0.3, 0.4) is 0 Å². The second-order valence-electron chi connectivity index (χ2n) is 3.78. The summed E-state index contributed by atoms with van der Waals surface area (Å²) in [6.07, 6.45) is 2.65. The van der Waals surface area contributed by atoms with Crippen LogP contribution in [0.15, 0.2) is 18.3 Å². The molecule has 0 radical (unpaired) electrons. The fourth-order valence-corrected chi connectivity index (χ4v) is 3.20. The number of nitrogens with zero attached hydrogens (tertiary/aromatic N) is 2. The van der Waals surface area contributed by atoms with E-state index in [-0.39, 0.29) is 11.1 Å². The molecule has 1 atom stereocenters. The fraction of sp³-hybridized carbons (Fsp3) is 0.455. The number of carbonyl (C=O) groups is 1. The number of rotatable bonds is 2. The molecule has 0 spiro atoms. The summed E-state index contributed by atoms with van der Waals surface area (Å²) in [6.45, 7) is 0. The largest absolute Gasteiger partial charge is 0.338 e. The third-order valence-corrected chi connectivity index (χ3v) is 4.21. The fourth-order valence-electron chi connectivity index (χ4n) is 1.73. The Bertz CT molecular complexity index is 393. The normalized spacial score (nSPS) is 19.8. The van der Waals surface area contributed by atoms with Crippen LogP contribution in [0.2, 0.25) is 5.15 Å². The number of carbonyl (C=O) groups excluding carboxylic acids is 1. The van der Waals surface area contributed by atoms with E-state index in [1.165, 1.54) is 0 Å². The smallest absolute Gasteiger partial charge is 0.257 e. The molecule has 86 valence electrons. The molecule has 0 aromatic carbocycles. The lowest BCUT2D eigenvalue weighted by Gasteiger charge is -2.23. The first kappa shape index (κ1) is 11.7. The minimum absolute atomic E-state index is 0.0365. The Morgan fingerprint density at radius 2 is 2.50 bits per heavy atom. The molecule has 3 nitrogen and oxygen atoms in total. The van der Waals surface area contributed by atoms with E-state index >= 15 is 0 Å². The number of aromatic nitrogens is 1. The molecule has 16 heavy (non-hydrogen) atoms. The maximum absolute atomic E-state index is 12.1. The average Bonchev–Trinajstić information content (AvgIpc) is 2.81. The molecule has 1 amide bonds. The Morgan fingerprint density at radius 3 is 3.12 bits per heavy atom. The SMILES string of the molecule is CN(C(=O)c1cccnc1Cl)C1CCSC1. The van der Waals surface area contributed by atoms with E-state index in [2.05, 4.69) is 4.98 Å². The standard InChI is InChI=1S/C11H13ClN2OS/c1-14(8-4-6-16-7-8)11(15)9-3-2-5-13-10(9)12/h2-3,5,8H,4,6-7H2,1H3. The summed E-state index contributed by atoms with van der Waals surface area (Å²) in [5.74, 6) is 2.11. The molecule has 1 saturated heterocycles. The van der Waals surface area contributed by atoms with E-state index in [1.54, 1.807) is 23.2 Å². The number of thioether (sulfide) groups is 1.